The lowest BCUT2D eigenvalue weighted by atomic mass is 10.0. The number of carbonyl (C=O) groups is 1. The van der Waals surface area contributed by atoms with Gasteiger partial charge in [-0.2, -0.15) is 5.10 Å². The fourth-order valence-electron chi connectivity index (χ4n) is 4.52. The van der Waals surface area contributed by atoms with Gasteiger partial charge in [0, 0.05) is 62.2 Å². The first-order valence-corrected chi connectivity index (χ1v) is 12.5. The molecule has 3 N–H and O–H groups in total. The molecule has 12 heteroatoms. The molecule has 1 aliphatic heterocycles. The van der Waals surface area contributed by atoms with Crippen LogP contribution in [0.3, 0.4) is 0 Å². The number of piperazine rings is 1. The molecule has 1 saturated heterocycles. The van der Waals surface area contributed by atoms with Gasteiger partial charge in [0.2, 0.25) is 0 Å². The molecule has 4 heterocycles. The Balaban J connectivity index is 1.29. The number of hydrogen-bond acceptors (Lipinski definition) is 8. The average Bonchev–Trinajstić information content (AvgIpc) is 3.40. The van der Waals surface area contributed by atoms with E-state index in [0.717, 1.165) is 37.9 Å². The molecule has 0 aliphatic carbocycles. The molecular weight excluding hydrogens is 516 g/mol. The number of nitrogens with zero attached hydrogens (tertiary/aromatic N) is 4. The SMILES string of the molecule is COC(=O)CC1CN(CCNc2cnc3ccc(-c4c[nH]nc4-c4cc(Cl)c(F)cc4F)nc3c2)CCN1. The van der Waals surface area contributed by atoms with E-state index in [-0.39, 0.29) is 28.3 Å². The van der Waals surface area contributed by atoms with Crippen LogP contribution in [0.15, 0.2) is 42.7 Å². The first kappa shape index (κ1) is 26.0. The summed E-state index contributed by atoms with van der Waals surface area (Å²) in [6.45, 7) is 3.97. The Bertz CT molecular complexity index is 1470. The zero-order chi connectivity index (χ0) is 26.6. The van der Waals surface area contributed by atoms with Crippen LogP contribution in [-0.4, -0.2) is 76.9 Å². The summed E-state index contributed by atoms with van der Waals surface area (Å²) in [6, 6.07) is 7.54. The minimum Gasteiger partial charge on any atom is -0.469 e. The van der Waals surface area contributed by atoms with E-state index >= 15 is 0 Å². The number of carbonyl (C=O) groups excluding carboxylic acids is 1. The van der Waals surface area contributed by atoms with Crippen molar-refractivity contribution in [3.8, 4) is 22.5 Å². The highest BCUT2D eigenvalue weighted by Gasteiger charge is 2.22. The number of hydrogen-bond donors (Lipinski definition) is 3. The Morgan fingerprint density at radius 1 is 1.21 bits per heavy atom. The van der Waals surface area contributed by atoms with Crippen molar-refractivity contribution in [2.24, 2.45) is 0 Å². The fourth-order valence-corrected chi connectivity index (χ4v) is 4.69. The van der Waals surface area contributed by atoms with E-state index in [2.05, 4.69) is 30.7 Å². The number of pyridine rings is 2. The van der Waals surface area contributed by atoms with Gasteiger partial charge >= 0.3 is 5.97 Å². The maximum absolute atomic E-state index is 14.5. The number of esters is 1. The van der Waals surface area contributed by atoms with Crippen LogP contribution in [0.1, 0.15) is 6.42 Å². The Labute approximate surface area is 222 Å². The van der Waals surface area contributed by atoms with E-state index in [0.29, 0.717) is 35.3 Å². The lowest BCUT2D eigenvalue weighted by Crippen LogP contribution is -2.52. The van der Waals surface area contributed by atoms with E-state index in [9.17, 15) is 13.6 Å². The molecule has 1 atom stereocenters. The maximum Gasteiger partial charge on any atom is 0.307 e. The lowest BCUT2D eigenvalue weighted by Gasteiger charge is -2.33. The van der Waals surface area contributed by atoms with Gasteiger partial charge < -0.3 is 15.4 Å². The van der Waals surface area contributed by atoms with Crippen LogP contribution in [0.25, 0.3) is 33.5 Å². The molecule has 1 aliphatic rings. The van der Waals surface area contributed by atoms with Gasteiger partial charge in [-0.25, -0.2) is 13.8 Å². The fraction of sp³-hybridized carbons (Fsp3) is 0.308. The summed E-state index contributed by atoms with van der Waals surface area (Å²) in [7, 11) is 1.40. The molecule has 0 spiro atoms. The second-order valence-corrected chi connectivity index (χ2v) is 9.42. The highest BCUT2D eigenvalue weighted by Crippen LogP contribution is 2.34. The minimum atomic E-state index is -0.835. The number of nitrogens with one attached hydrogen (secondary N) is 3. The van der Waals surface area contributed by atoms with Crippen LogP contribution in [0, 0.1) is 11.6 Å². The number of fused-ring (bicyclic) bond motifs is 1. The summed E-state index contributed by atoms with van der Waals surface area (Å²) in [5, 5.41) is 13.4. The molecule has 0 saturated carbocycles. The number of ether oxygens (including phenoxy) is 1. The van der Waals surface area contributed by atoms with E-state index in [4.69, 9.17) is 21.3 Å². The van der Waals surface area contributed by atoms with Gasteiger partial charge in [0.1, 0.15) is 17.3 Å². The van der Waals surface area contributed by atoms with Gasteiger partial charge in [-0.05, 0) is 24.3 Å². The quantitative estimate of drug-likeness (QED) is 0.228. The summed E-state index contributed by atoms with van der Waals surface area (Å²) < 4.78 is 33.0. The zero-order valence-corrected chi connectivity index (χ0v) is 21.4. The van der Waals surface area contributed by atoms with Gasteiger partial charge in [-0.3, -0.25) is 19.8 Å². The number of aromatic nitrogens is 4. The van der Waals surface area contributed by atoms with E-state index in [1.54, 1.807) is 18.5 Å². The molecule has 4 aromatic rings. The molecule has 38 heavy (non-hydrogen) atoms. The first-order valence-electron chi connectivity index (χ1n) is 12.1. The summed E-state index contributed by atoms with van der Waals surface area (Å²) >= 11 is 5.89. The summed E-state index contributed by atoms with van der Waals surface area (Å²) in [6.07, 6.45) is 3.71. The number of halogens is 3. The van der Waals surface area contributed by atoms with Crippen molar-refractivity contribution in [2.45, 2.75) is 12.5 Å². The predicted octanol–water partition coefficient (Wildman–Crippen LogP) is 3.87. The Hall–Kier alpha value is -3.67. The molecule has 1 unspecified atom stereocenters. The number of methoxy groups -OCH3 is 1. The van der Waals surface area contributed by atoms with Crippen molar-refractivity contribution >= 4 is 34.3 Å². The standard InChI is InChI=1S/C26H26ClF2N7O2/c1-38-25(37)9-16-14-36(7-5-31-16)6-4-30-15-8-24-23(32-12-15)3-2-22(34-24)18-13-33-35-26(18)17-10-19(27)21(29)11-20(17)28/h2-3,8,10-13,16,30-31H,4-7,9,14H2,1H3,(H,33,35). The normalized spacial score (nSPS) is 16.1. The van der Waals surface area contributed by atoms with Crippen molar-refractivity contribution in [3.05, 3.63) is 59.4 Å². The largest absolute Gasteiger partial charge is 0.469 e. The summed E-state index contributed by atoms with van der Waals surface area (Å²) in [5.41, 5.74) is 3.62. The third kappa shape index (κ3) is 5.74. The number of H-pyrrole nitrogens is 1. The number of rotatable bonds is 8. The molecule has 1 aromatic carbocycles. The maximum atomic E-state index is 14.5. The molecule has 198 valence electrons. The number of benzene rings is 1. The predicted molar refractivity (Wildman–Crippen MR) is 141 cm³/mol. The molecule has 0 amide bonds. The van der Waals surface area contributed by atoms with E-state index in [1.165, 1.54) is 13.2 Å². The topological polar surface area (TPSA) is 108 Å². The summed E-state index contributed by atoms with van der Waals surface area (Å²) in [5.74, 6) is -1.82. The second kappa shape index (κ2) is 11.4. The van der Waals surface area contributed by atoms with Crippen LogP contribution in [-0.2, 0) is 9.53 Å². The van der Waals surface area contributed by atoms with Crippen molar-refractivity contribution in [2.75, 3.05) is 45.2 Å². The van der Waals surface area contributed by atoms with E-state index < -0.39 is 11.6 Å². The number of aromatic amines is 1. The average molecular weight is 542 g/mol. The van der Waals surface area contributed by atoms with Crippen LogP contribution in [0.5, 0.6) is 0 Å². The molecule has 1 fully saturated rings. The van der Waals surface area contributed by atoms with Crippen LogP contribution < -0.4 is 10.6 Å². The van der Waals surface area contributed by atoms with Crippen molar-refractivity contribution < 1.29 is 18.3 Å². The number of anilines is 1. The second-order valence-electron chi connectivity index (χ2n) is 9.01. The van der Waals surface area contributed by atoms with Gasteiger partial charge in [-0.1, -0.05) is 11.6 Å². The summed E-state index contributed by atoms with van der Waals surface area (Å²) in [4.78, 5) is 23.1. The van der Waals surface area contributed by atoms with Crippen molar-refractivity contribution in [1.82, 2.24) is 30.4 Å². The molecule has 3 aromatic heterocycles. The third-order valence-corrected chi connectivity index (χ3v) is 6.75. The van der Waals surface area contributed by atoms with E-state index in [1.807, 2.05) is 12.1 Å². The smallest absolute Gasteiger partial charge is 0.307 e. The monoisotopic (exact) mass is 541 g/mol. The Kier molecular flexibility index (Phi) is 7.77. The zero-order valence-electron chi connectivity index (χ0n) is 20.6. The Morgan fingerprint density at radius 2 is 2.08 bits per heavy atom. The van der Waals surface area contributed by atoms with Gasteiger partial charge in [0.05, 0.1) is 47.2 Å². The third-order valence-electron chi connectivity index (χ3n) is 6.46. The van der Waals surface area contributed by atoms with Crippen LogP contribution in [0.2, 0.25) is 5.02 Å². The van der Waals surface area contributed by atoms with Crippen molar-refractivity contribution in [3.63, 3.8) is 0 Å². The lowest BCUT2D eigenvalue weighted by molar-refractivity contribution is -0.141. The van der Waals surface area contributed by atoms with Gasteiger partial charge in [0.25, 0.3) is 0 Å². The first-order chi connectivity index (χ1) is 18.4. The highest BCUT2D eigenvalue weighted by molar-refractivity contribution is 6.31. The van der Waals surface area contributed by atoms with Crippen LogP contribution >= 0.6 is 11.6 Å². The Morgan fingerprint density at radius 3 is 2.92 bits per heavy atom. The molecule has 5 rings (SSSR count). The van der Waals surface area contributed by atoms with Gasteiger partial charge in [0.15, 0.2) is 0 Å². The molecule has 0 bridgehead atoms. The van der Waals surface area contributed by atoms with Gasteiger partial charge in [-0.15, -0.1) is 0 Å². The minimum absolute atomic E-state index is 0.0739. The highest BCUT2D eigenvalue weighted by atomic mass is 35.5. The molecule has 9 nitrogen and oxygen atoms in total. The molecule has 0 radical (unpaired) electrons. The molecular formula is C26H26ClF2N7O2. The van der Waals surface area contributed by atoms with Crippen LogP contribution in [0.4, 0.5) is 14.5 Å². The van der Waals surface area contributed by atoms with Crippen molar-refractivity contribution in [1.29, 1.82) is 0 Å².